The maximum atomic E-state index is 6.04. The fraction of sp³-hybridized carbons (Fsp3) is 0.286. The fourth-order valence-electron chi connectivity index (χ4n) is 2.44. The highest BCUT2D eigenvalue weighted by atomic mass is 15.1. The van der Waals surface area contributed by atoms with Gasteiger partial charge in [0, 0.05) is 11.9 Å². The van der Waals surface area contributed by atoms with Crippen molar-refractivity contribution in [2.45, 2.75) is 27.3 Å². The van der Waals surface area contributed by atoms with E-state index in [1.807, 2.05) is 19.9 Å². The molecule has 3 aromatic rings. The number of hydrogen-bond acceptors (Lipinski definition) is 5. The molecular weight excluding hydrogens is 252 g/mol. The van der Waals surface area contributed by atoms with Gasteiger partial charge in [0.15, 0.2) is 0 Å². The van der Waals surface area contributed by atoms with Gasteiger partial charge in [0.2, 0.25) is 0 Å². The number of aryl methyl sites for hydroxylation is 2. The summed E-state index contributed by atoms with van der Waals surface area (Å²) in [5.74, 6) is 1.21. The Morgan fingerprint density at radius 3 is 2.70 bits per heavy atom. The lowest BCUT2D eigenvalue weighted by molar-refractivity contribution is 0.762. The zero-order valence-electron chi connectivity index (χ0n) is 11.8. The summed E-state index contributed by atoms with van der Waals surface area (Å²) in [6.45, 7) is 6.60. The third kappa shape index (κ3) is 1.89. The van der Waals surface area contributed by atoms with E-state index >= 15 is 0 Å². The smallest absolute Gasteiger partial charge is 0.146 e. The number of nitrogens with zero attached hydrogens (tertiary/aromatic N) is 5. The average Bonchev–Trinajstić information content (AvgIpc) is 2.65. The zero-order valence-corrected chi connectivity index (χ0v) is 11.8. The Hall–Kier alpha value is -2.50. The molecule has 102 valence electrons. The van der Waals surface area contributed by atoms with Gasteiger partial charge in [-0.05, 0) is 32.4 Å². The molecule has 3 aromatic heterocycles. The Morgan fingerprint density at radius 1 is 1.20 bits per heavy atom. The molecule has 2 N–H and O–H groups in total. The minimum absolute atomic E-state index is 0.537. The van der Waals surface area contributed by atoms with E-state index in [9.17, 15) is 0 Å². The van der Waals surface area contributed by atoms with Crippen LogP contribution in [-0.4, -0.2) is 24.5 Å². The number of nitrogen functional groups attached to an aromatic ring is 1. The van der Waals surface area contributed by atoms with Crippen molar-refractivity contribution >= 4 is 16.9 Å². The van der Waals surface area contributed by atoms with E-state index in [0.29, 0.717) is 18.2 Å². The van der Waals surface area contributed by atoms with Crippen molar-refractivity contribution in [2.24, 2.45) is 0 Å². The first-order chi connectivity index (χ1) is 9.58. The normalized spacial score (nSPS) is 11.2. The van der Waals surface area contributed by atoms with Gasteiger partial charge in [-0.1, -0.05) is 0 Å². The Kier molecular flexibility index (Phi) is 2.85. The first-order valence-electron chi connectivity index (χ1n) is 6.42. The van der Waals surface area contributed by atoms with Crippen LogP contribution in [0.1, 0.15) is 22.8 Å². The number of nitrogens with two attached hydrogens (primary N) is 1. The van der Waals surface area contributed by atoms with E-state index in [2.05, 4.69) is 31.4 Å². The van der Waals surface area contributed by atoms with E-state index < -0.39 is 0 Å². The molecule has 0 unspecified atom stereocenters. The van der Waals surface area contributed by atoms with Crippen LogP contribution in [0.2, 0.25) is 0 Å². The lowest BCUT2D eigenvalue weighted by atomic mass is 10.2. The highest BCUT2D eigenvalue weighted by Gasteiger charge is 2.16. The Balaban J connectivity index is 2.23. The molecule has 0 fully saturated rings. The second-order valence-electron chi connectivity index (χ2n) is 4.85. The van der Waals surface area contributed by atoms with Gasteiger partial charge in [0.1, 0.15) is 23.6 Å². The molecule has 0 bridgehead atoms. The van der Waals surface area contributed by atoms with Crippen LogP contribution in [0.15, 0.2) is 18.6 Å². The van der Waals surface area contributed by atoms with Crippen molar-refractivity contribution in [1.29, 1.82) is 0 Å². The predicted octanol–water partition coefficient (Wildman–Crippen LogP) is 1.78. The highest BCUT2D eigenvalue weighted by molar-refractivity contribution is 5.91. The van der Waals surface area contributed by atoms with Crippen molar-refractivity contribution < 1.29 is 0 Å². The SMILES string of the molecule is Cc1nc(N)c2c(C)c(C)n(Cc3ccncn3)c2n1. The molecule has 0 spiro atoms. The van der Waals surface area contributed by atoms with Gasteiger partial charge in [0.05, 0.1) is 17.6 Å². The maximum Gasteiger partial charge on any atom is 0.146 e. The van der Waals surface area contributed by atoms with Crippen LogP contribution in [0.25, 0.3) is 11.0 Å². The topological polar surface area (TPSA) is 82.5 Å². The Labute approximate surface area is 116 Å². The molecule has 6 heteroatoms. The standard InChI is InChI=1S/C14H16N6/c1-8-9(2)20(6-11-4-5-16-7-17-11)14-12(8)13(15)18-10(3)19-14/h4-5,7H,6H2,1-3H3,(H2,15,18,19). The van der Waals surface area contributed by atoms with Crippen molar-refractivity contribution in [2.75, 3.05) is 5.73 Å². The molecule has 20 heavy (non-hydrogen) atoms. The number of fused-ring (bicyclic) bond motifs is 1. The third-order valence-corrected chi connectivity index (χ3v) is 3.57. The third-order valence-electron chi connectivity index (χ3n) is 3.57. The number of rotatable bonds is 2. The van der Waals surface area contributed by atoms with Crippen LogP contribution in [0.3, 0.4) is 0 Å². The number of hydrogen-bond donors (Lipinski definition) is 1. The fourth-order valence-corrected chi connectivity index (χ4v) is 2.44. The summed E-state index contributed by atoms with van der Waals surface area (Å²) in [4.78, 5) is 17.0. The molecule has 0 aliphatic heterocycles. The summed E-state index contributed by atoms with van der Waals surface area (Å²) in [5, 5.41) is 0.933. The highest BCUT2D eigenvalue weighted by Crippen LogP contribution is 2.28. The summed E-state index contributed by atoms with van der Waals surface area (Å²) in [6.07, 6.45) is 3.29. The molecule has 0 atom stereocenters. The van der Waals surface area contributed by atoms with E-state index in [4.69, 9.17) is 5.73 Å². The lowest BCUT2D eigenvalue weighted by Gasteiger charge is -2.07. The summed E-state index contributed by atoms with van der Waals surface area (Å²) in [7, 11) is 0. The second kappa shape index (κ2) is 4.56. The van der Waals surface area contributed by atoms with Crippen molar-refractivity contribution in [3.63, 3.8) is 0 Å². The van der Waals surface area contributed by atoms with Gasteiger partial charge in [-0.2, -0.15) is 0 Å². The van der Waals surface area contributed by atoms with Crippen LogP contribution in [0.5, 0.6) is 0 Å². The maximum absolute atomic E-state index is 6.04. The quantitative estimate of drug-likeness (QED) is 0.766. The molecule has 0 aliphatic carbocycles. The predicted molar refractivity (Wildman–Crippen MR) is 77.3 cm³/mol. The average molecular weight is 268 g/mol. The number of aromatic nitrogens is 5. The minimum atomic E-state index is 0.537. The van der Waals surface area contributed by atoms with Gasteiger partial charge >= 0.3 is 0 Å². The molecule has 0 radical (unpaired) electrons. The molecule has 0 aromatic carbocycles. The van der Waals surface area contributed by atoms with Gasteiger partial charge in [-0.3, -0.25) is 0 Å². The molecule has 3 heterocycles. The van der Waals surface area contributed by atoms with E-state index in [1.54, 1.807) is 12.5 Å². The second-order valence-corrected chi connectivity index (χ2v) is 4.85. The van der Waals surface area contributed by atoms with Crippen molar-refractivity contribution in [3.8, 4) is 0 Å². The van der Waals surface area contributed by atoms with Crippen molar-refractivity contribution in [1.82, 2.24) is 24.5 Å². The minimum Gasteiger partial charge on any atom is -0.383 e. The summed E-state index contributed by atoms with van der Waals surface area (Å²) < 4.78 is 2.12. The molecule has 3 rings (SSSR count). The van der Waals surface area contributed by atoms with Crippen LogP contribution in [0.4, 0.5) is 5.82 Å². The monoisotopic (exact) mass is 268 g/mol. The first-order valence-corrected chi connectivity index (χ1v) is 6.42. The van der Waals surface area contributed by atoms with Crippen LogP contribution in [-0.2, 0) is 6.54 Å². The van der Waals surface area contributed by atoms with E-state index in [1.165, 1.54) is 0 Å². The first kappa shape index (κ1) is 12.5. The van der Waals surface area contributed by atoms with E-state index in [-0.39, 0.29) is 0 Å². The lowest BCUT2D eigenvalue weighted by Crippen LogP contribution is -2.06. The molecule has 0 saturated heterocycles. The van der Waals surface area contributed by atoms with E-state index in [0.717, 1.165) is 28.0 Å². The van der Waals surface area contributed by atoms with Crippen LogP contribution in [0, 0.1) is 20.8 Å². The largest absolute Gasteiger partial charge is 0.383 e. The van der Waals surface area contributed by atoms with Gasteiger partial charge in [-0.25, -0.2) is 19.9 Å². The molecule has 0 aliphatic rings. The van der Waals surface area contributed by atoms with Gasteiger partial charge < -0.3 is 10.3 Å². The van der Waals surface area contributed by atoms with Crippen LogP contribution < -0.4 is 5.73 Å². The van der Waals surface area contributed by atoms with Gasteiger partial charge in [0.25, 0.3) is 0 Å². The summed E-state index contributed by atoms with van der Waals surface area (Å²) in [6, 6.07) is 1.90. The Morgan fingerprint density at radius 2 is 2.00 bits per heavy atom. The molecule has 6 nitrogen and oxygen atoms in total. The molecular formula is C14H16N6. The summed E-state index contributed by atoms with van der Waals surface area (Å²) in [5.41, 5.74) is 10.1. The van der Waals surface area contributed by atoms with Crippen molar-refractivity contribution in [3.05, 3.63) is 41.4 Å². The summed E-state index contributed by atoms with van der Waals surface area (Å²) >= 11 is 0. The number of anilines is 1. The Bertz CT molecular complexity index is 775. The zero-order chi connectivity index (χ0) is 14.3. The van der Waals surface area contributed by atoms with Gasteiger partial charge in [-0.15, -0.1) is 0 Å². The molecule has 0 amide bonds. The molecule has 0 saturated carbocycles. The van der Waals surface area contributed by atoms with Crippen LogP contribution >= 0.6 is 0 Å².